The first-order chi connectivity index (χ1) is 14.7. The Morgan fingerprint density at radius 3 is 2.77 bits per heavy atom. The van der Waals surface area contributed by atoms with Gasteiger partial charge in [-0.15, -0.1) is 0 Å². The van der Waals surface area contributed by atoms with Crippen LogP contribution in [0.25, 0.3) is 0 Å². The molecule has 4 heteroatoms. The summed E-state index contributed by atoms with van der Waals surface area (Å²) >= 11 is 0. The molecule has 0 saturated carbocycles. The smallest absolute Gasteiger partial charge is 0.328 e. The van der Waals surface area contributed by atoms with E-state index in [1.807, 2.05) is 6.08 Å². The summed E-state index contributed by atoms with van der Waals surface area (Å²) in [6, 6.07) is 0. The van der Waals surface area contributed by atoms with Crippen LogP contribution in [0.3, 0.4) is 0 Å². The SMILES string of the molecule is CC1=CC[C@H]2[C@@H]3[C@H](C)[C@@H](/C=C/C=C/C(=O)O)O[C@@H]4[C@H](C)CCO[C@@]4(C)[C@@H]3C(C)=C[C@@H]2C1. The highest BCUT2D eigenvalue weighted by atomic mass is 16.6. The Morgan fingerprint density at radius 2 is 2.03 bits per heavy atom. The highest BCUT2D eigenvalue weighted by Gasteiger charge is 2.59. The molecular weight excluding hydrogens is 388 g/mol. The highest BCUT2D eigenvalue weighted by molar-refractivity contribution is 5.80. The van der Waals surface area contributed by atoms with E-state index in [0.29, 0.717) is 35.5 Å². The number of hydrogen-bond acceptors (Lipinski definition) is 3. The molecule has 0 unspecified atom stereocenters. The van der Waals surface area contributed by atoms with Gasteiger partial charge in [-0.2, -0.15) is 0 Å². The van der Waals surface area contributed by atoms with E-state index in [0.717, 1.165) is 25.9 Å². The van der Waals surface area contributed by atoms with Crippen LogP contribution in [0, 0.1) is 35.5 Å². The van der Waals surface area contributed by atoms with Gasteiger partial charge < -0.3 is 14.6 Å². The third kappa shape index (κ3) is 4.09. The first kappa shape index (κ1) is 22.5. The Balaban J connectivity index is 1.77. The van der Waals surface area contributed by atoms with Gasteiger partial charge in [0.15, 0.2) is 0 Å². The molecule has 0 aromatic heterocycles. The molecule has 0 amide bonds. The van der Waals surface area contributed by atoms with Crippen LogP contribution in [0.5, 0.6) is 0 Å². The summed E-state index contributed by atoms with van der Waals surface area (Å²) in [4.78, 5) is 10.9. The second-order valence-corrected chi connectivity index (χ2v) is 10.5. The topological polar surface area (TPSA) is 55.8 Å². The zero-order valence-electron chi connectivity index (χ0n) is 19.6. The number of allylic oxidation sites excluding steroid dienone is 5. The predicted molar refractivity (Wildman–Crippen MR) is 123 cm³/mol. The van der Waals surface area contributed by atoms with Crippen LogP contribution in [0.2, 0.25) is 0 Å². The van der Waals surface area contributed by atoms with Crippen LogP contribution in [-0.4, -0.2) is 35.5 Å². The van der Waals surface area contributed by atoms with Gasteiger partial charge in [-0.05, 0) is 69.6 Å². The van der Waals surface area contributed by atoms with Crippen molar-refractivity contribution in [3.63, 3.8) is 0 Å². The maximum absolute atomic E-state index is 10.9. The fourth-order valence-electron chi connectivity index (χ4n) is 7.11. The lowest BCUT2D eigenvalue weighted by atomic mass is 9.55. The molecule has 0 bridgehead atoms. The highest BCUT2D eigenvalue weighted by Crippen LogP contribution is 2.57. The van der Waals surface area contributed by atoms with Gasteiger partial charge in [0.2, 0.25) is 0 Å². The fourth-order valence-corrected chi connectivity index (χ4v) is 7.11. The van der Waals surface area contributed by atoms with Crippen LogP contribution >= 0.6 is 0 Å². The molecule has 4 rings (SSSR count). The van der Waals surface area contributed by atoms with E-state index in [4.69, 9.17) is 14.6 Å². The van der Waals surface area contributed by atoms with Crippen LogP contribution in [0.15, 0.2) is 47.6 Å². The normalized spacial score (nSPS) is 45.3. The largest absolute Gasteiger partial charge is 0.478 e. The molecule has 4 aliphatic rings. The van der Waals surface area contributed by atoms with Crippen LogP contribution in [-0.2, 0) is 14.3 Å². The molecule has 4 nitrogen and oxygen atoms in total. The average Bonchev–Trinajstić information content (AvgIpc) is 2.79. The van der Waals surface area contributed by atoms with Gasteiger partial charge in [-0.1, -0.05) is 55.4 Å². The van der Waals surface area contributed by atoms with Gasteiger partial charge in [0.1, 0.15) is 0 Å². The molecule has 2 fully saturated rings. The number of aliphatic carboxylic acids is 1. The lowest BCUT2D eigenvalue weighted by Gasteiger charge is -2.54. The fraction of sp³-hybridized carbons (Fsp3) is 0.667. The summed E-state index contributed by atoms with van der Waals surface area (Å²) in [6.45, 7) is 12.3. The Bertz CT molecular complexity index is 821. The van der Waals surface area contributed by atoms with Crippen molar-refractivity contribution in [1.29, 1.82) is 0 Å². The van der Waals surface area contributed by atoms with Gasteiger partial charge in [-0.25, -0.2) is 4.79 Å². The van der Waals surface area contributed by atoms with Crippen molar-refractivity contribution in [2.45, 2.75) is 71.7 Å². The third-order valence-corrected chi connectivity index (χ3v) is 8.46. The van der Waals surface area contributed by atoms with Crippen molar-refractivity contribution in [1.82, 2.24) is 0 Å². The predicted octanol–water partition coefficient (Wildman–Crippen LogP) is 5.57. The zero-order valence-corrected chi connectivity index (χ0v) is 19.6. The number of hydrogen-bond donors (Lipinski definition) is 1. The number of carbonyl (C=O) groups is 1. The Hall–Kier alpha value is -1.65. The van der Waals surface area contributed by atoms with E-state index >= 15 is 0 Å². The maximum Gasteiger partial charge on any atom is 0.328 e. The number of ether oxygens (including phenoxy) is 2. The van der Waals surface area contributed by atoms with Gasteiger partial charge in [-0.3, -0.25) is 0 Å². The van der Waals surface area contributed by atoms with Crippen molar-refractivity contribution in [2.24, 2.45) is 35.5 Å². The maximum atomic E-state index is 10.9. The minimum atomic E-state index is -0.929. The molecule has 2 heterocycles. The number of rotatable bonds is 3. The van der Waals surface area contributed by atoms with Crippen molar-refractivity contribution in [2.75, 3.05) is 6.61 Å². The van der Waals surface area contributed by atoms with E-state index in [1.165, 1.54) is 17.2 Å². The standard InChI is InChI=1S/C27H38O4/c1-16-10-11-21-20(14-16)15-18(3)25-24(21)19(4)22(8-6-7-9-23(28)29)31-26-17(2)12-13-30-27(25,26)5/h6-10,15,17,19-22,24-26H,11-14H2,1-5H3,(H,28,29)/b8-6+,9-7+/t17-,19-,20+,21-,22-,24+,25-,26-,27+/m1/s1. The van der Waals surface area contributed by atoms with Crippen molar-refractivity contribution >= 4 is 5.97 Å². The molecule has 2 saturated heterocycles. The Kier molecular flexibility index (Phi) is 6.33. The summed E-state index contributed by atoms with van der Waals surface area (Å²) in [5, 5.41) is 8.92. The second-order valence-electron chi connectivity index (χ2n) is 10.5. The quantitative estimate of drug-likeness (QED) is 0.364. The summed E-state index contributed by atoms with van der Waals surface area (Å²) in [7, 11) is 0. The summed E-state index contributed by atoms with van der Waals surface area (Å²) in [6.07, 6.45) is 14.9. The molecule has 2 aliphatic carbocycles. The number of carboxylic acid groups (broad SMARTS) is 1. The van der Waals surface area contributed by atoms with E-state index in [2.05, 4.69) is 52.8 Å². The van der Waals surface area contributed by atoms with Crippen molar-refractivity contribution in [3.05, 3.63) is 47.6 Å². The van der Waals surface area contributed by atoms with Gasteiger partial charge >= 0.3 is 5.97 Å². The summed E-state index contributed by atoms with van der Waals surface area (Å²) in [5.74, 6) is 1.81. The molecule has 170 valence electrons. The van der Waals surface area contributed by atoms with E-state index in [1.54, 1.807) is 6.08 Å². The molecule has 2 aliphatic heterocycles. The molecule has 31 heavy (non-hydrogen) atoms. The van der Waals surface area contributed by atoms with Gasteiger partial charge in [0.05, 0.1) is 17.8 Å². The van der Waals surface area contributed by atoms with Crippen molar-refractivity contribution in [3.8, 4) is 0 Å². The average molecular weight is 427 g/mol. The first-order valence-electron chi connectivity index (χ1n) is 11.9. The number of fused-ring (bicyclic) bond motifs is 5. The zero-order chi connectivity index (χ0) is 22.3. The monoisotopic (exact) mass is 426 g/mol. The first-order valence-corrected chi connectivity index (χ1v) is 11.9. The Morgan fingerprint density at radius 1 is 1.26 bits per heavy atom. The van der Waals surface area contributed by atoms with Crippen LogP contribution in [0.4, 0.5) is 0 Å². The minimum absolute atomic E-state index is 0.0255. The van der Waals surface area contributed by atoms with E-state index in [-0.39, 0.29) is 17.8 Å². The Labute approximate surface area is 187 Å². The van der Waals surface area contributed by atoms with Gasteiger partial charge in [0, 0.05) is 18.6 Å². The molecule has 0 aromatic rings. The number of carboxylic acids is 1. The minimum Gasteiger partial charge on any atom is -0.478 e. The molecule has 1 N–H and O–H groups in total. The molecule has 9 atom stereocenters. The van der Waals surface area contributed by atoms with Crippen LogP contribution in [0.1, 0.15) is 53.9 Å². The van der Waals surface area contributed by atoms with Crippen molar-refractivity contribution < 1.29 is 19.4 Å². The molecule has 0 aromatic carbocycles. The lowest BCUT2D eigenvalue weighted by molar-refractivity contribution is -0.208. The third-order valence-electron chi connectivity index (χ3n) is 8.46. The molecular formula is C27H38O4. The van der Waals surface area contributed by atoms with E-state index < -0.39 is 5.97 Å². The lowest BCUT2D eigenvalue weighted by Crippen LogP contribution is -2.58. The van der Waals surface area contributed by atoms with E-state index in [9.17, 15) is 4.79 Å². The second kappa shape index (κ2) is 8.71. The van der Waals surface area contributed by atoms with Gasteiger partial charge in [0.25, 0.3) is 0 Å². The molecule has 0 spiro atoms. The molecule has 0 radical (unpaired) electrons. The summed E-state index contributed by atoms with van der Waals surface area (Å²) in [5.41, 5.74) is 2.63. The van der Waals surface area contributed by atoms with Crippen LogP contribution < -0.4 is 0 Å². The summed E-state index contributed by atoms with van der Waals surface area (Å²) < 4.78 is 13.5.